The lowest BCUT2D eigenvalue weighted by atomic mass is 10.1. The Bertz CT molecular complexity index is 1270. The SMILES string of the molecule is CC/C=C/C=C/C=C/C=C/CCCCCCCC(=O)O[C@H](COC(=O)CCC/C=C/C/C=C/C/C=C/CCCCCCCC)COP(=O)(O)OC[C@H](N)C(=O)O. The molecule has 0 saturated carbocycles. The van der Waals surface area contributed by atoms with E-state index in [-0.39, 0.29) is 19.4 Å². The van der Waals surface area contributed by atoms with Crippen LogP contribution in [0.15, 0.2) is 85.1 Å². The van der Waals surface area contributed by atoms with Crippen LogP contribution in [-0.4, -0.2) is 59.9 Å². The van der Waals surface area contributed by atoms with E-state index in [1.54, 1.807) is 0 Å². The Morgan fingerprint density at radius 1 is 0.589 bits per heavy atom. The molecular weight excluding hydrogens is 733 g/mol. The van der Waals surface area contributed by atoms with Crippen molar-refractivity contribution in [1.82, 2.24) is 0 Å². The number of unbranched alkanes of at least 4 members (excludes halogenated alkanes) is 12. The summed E-state index contributed by atoms with van der Waals surface area (Å²) in [6, 6.07) is -1.54. The van der Waals surface area contributed by atoms with Crippen LogP contribution in [-0.2, 0) is 37.5 Å². The maximum Gasteiger partial charge on any atom is 0.472 e. The molecule has 0 saturated heterocycles. The quantitative estimate of drug-likeness (QED) is 0.0179. The van der Waals surface area contributed by atoms with E-state index in [1.165, 1.54) is 38.5 Å². The van der Waals surface area contributed by atoms with Crippen molar-refractivity contribution >= 4 is 25.7 Å². The van der Waals surface area contributed by atoms with Gasteiger partial charge in [-0.05, 0) is 64.2 Å². The number of rotatable bonds is 37. The number of ether oxygens (including phenoxy) is 2. The zero-order valence-corrected chi connectivity index (χ0v) is 35.1. The zero-order chi connectivity index (χ0) is 41.4. The molecule has 0 heterocycles. The number of esters is 2. The molecule has 12 heteroatoms. The van der Waals surface area contributed by atoms with Gasteiger partial charge >= 0.3 is 25.7 Å². The number of allylic oxidation sites excluding steroid dienone is 14. The van der Waals surface area contributed by atoms with Crippen LogP contribution in [0.4, 0.5) is 0 Å². The van der Waals surface area contributed by atoms with Gasteiger partial charge < -0.3 is 25.2 Å². The normalized spacial score (nSPS) is 14.6. The summed E-state index contributed by atoms with van der Waals surface area (Å²) >= 11 is 0. The topological polar surface area (TPSA) is 172 Å². The first-order valence-electron chi connectivity index (χ1n) is 20.7. The number of phosphoric acid groups is 1. The lowest BCUT2D eigenvalue weighted by molar-refractivity contribution is -0.161. The summed E-state index contributed by atoms with van der Waals surface area (Å²) in [5, 5.41) is 8.88. The number of phosphoric ester groups is 1. The molecule has 0 aromatic carbocycles. The minimum Gasteiger partial charge on any atom is -0.480 e. The van der Waals surface area contributed by atoms with Gasteiger partial charge in [0.15, 0.2) is 6.10 Å². The number of carboxylic acids is 1. The van der Waals surface area contributed by atoms with Gasteiger partial charge in [-0.1, -0.05) is 150 Å². The lowest BCUT2D eigenvalue weighted by Crippen LogP contribution is -2.34. The highest BCUT2D eigenvalue weighted by atomic mass is 31.2. The van der Waals surface area contributed by atoms with Crippen molar-refractivity contribution in [3.05, 3.63) is 85.1 Å². The summed E-state index contributed by atoms with van der Waals surface area (Å²) < 4.78 is 32.6. The van der Waals surface area contributed by atoms with Crippen LogP contribution in [0.2, 0.25) is 0 Å². The third-order valence-electron chi connectivity index (χ3n) is 8.22. The monoisotopic (exact) mass is 805 g/mol. The van der Waals surface area contributed by atoms with Gasteiger partial charge in [-0.15, -0.1) is 0 Å². The van der Waals surface area contributed by atoms with E-state index in [0.717, 1.165) is 57.8 Å². The summed E-state index contributed by atoms with van der Waals surface area (Å²) in [7, 11) is -4.74. The standard InChI is InChI=1S/C44H72NO10P/c1-3-5-7-9-11-13-15-17-19-20-22-23-25-27-29-31-33-35-42(46)52-37-40(38-53-56(50,51)54-39-41(45)44(48)49)55-43(47)36-34-32-30-28-26-24-21-18-16-14-12-10-8-6-4-2/h6,8,10,12,14,16-19,21-23,27,29,40-41H,3-5,7,9,11,13,15,20,24-26,28,30-39,45H2,1-2H3,(H,48,49)(H,50,51)/b8-6+,12-10+,16-14+,19-17+,21-18+,23-22+,29-27+/t40-,41+/m1/s1. The highest BCUT2D eigenvalue weighted by molar-refractivity contribution is 7.47. The van der Waals surface area contributed by atoms with E-state index in [0.29, 0.717) is 19.3 Å². The van der Waals surface area contributed by atoms with Crippen molar-refractivity contribution in [2.45, 2.75) is 154 Å². The minimum absolute atomic E-state index is 0.119. The molecule has 0 spiro atoms. The second-order valence-electron chi connectivity index (χ2n) is 13.5. The maximum absolute atomic E-state index is 12.6. The van der Waals surface area contributed by atoms with E-state index >= 15 is 0 Å². The smallest absolute Gasteiger partial charge is 0.472 e. The molecule has 0 aliphatic rings. The van der Waals surface area contributed by atoms with Crippen LogP contribution in [0.3, 0.4) is 0 Å². The molecule has 0 rings (SSSR count). The maximum atomic E-state index is 12.6. The van der Waals surface area contributed by atoms with Crippen LogP contribution in [0.1, 0.15) is 142 Å². The molecule has 0 radical (unpaired) electrons. The number of hydrogen-bond acceptors (Lipinski definition) is 9. The summed E-state index contributed by atoms with van der Waals surface area (Å²) in [5.41, 5.74) is 5.32. The molecule has 0 aromatic rings. The van der Waals surface area contributed by atoms with Crippen molar-refractivity contribution in [3.63, 3.8) is 0 Å². The summed E-state index contributed by atoms with van der Waals surface area (Å²) in [6.45, 7) is 2.55. The van der Waals surface area contributed by atoms with Crippen molar-refractivity contribution < 1.29 is 47.5 Å². The molecule has 0 aliphatic heterocycles. The molecule has 0 aliphatic carbocycles. The van der Waals surface area contributed by atoms with Gasteiger partial charge in [-0.25, -0.2) is 4.57 Å². The fourth-order valence-corrected chi connectivity index (χ4v) is 5.75. The largest absolute Gasteiger partial charge is 0.480 e. The van der Waals surface area contributed by atoms with Crippen LogP contribution >= 0.6 is 7.82 Å². The molecule has 0 fully saturated rings. The van der Waals surface area contributed by atoms with E-state index in [4.69, 9.17) is 24.8 Å². The Morgan fingerprint density at radius 3 is 1.71 bits per heavy atom. The predicted octanol–water partition coefficient (Wildman–Crippen LogP) is 10.7. The Morgan fingerprint density at radius 2 is 1.09 bits per heavy atom. The average molecular weight is 806 g/mol. The van der Waals surface area contributed by atoms with Crippen molar-refractivity contribution in [1.29, 1.82) is 0 Å². The Balaban J connectivity index is 4.54. The number of carbonyl (C=O) groups is 3. The van der Waals surface area contributed by atoms with Gasteiger partial charge in [0.1, 0.15) is 12.6 Å². The van der Waals surface area contributed by atoms with E-state index < -0.39 is 51.1 Å². The van der Waals surface area contributed by atoms with Gasteiger partial charge in [-0.3, -0.25) is 23.4 Å². The molecule has 0 amide bonds. The Hall–Kier alpha value is -3.34. The number of carbonyl (C=O) groups excluding carboxylic acids is 2. The first-order chi connectivity index (χ1) is 27.1. The van der Waals surface area contributed by atoms with Crippen LogP contribution in [0.25, 0.3) is 0 Å². The first-order valence-corrected chi connectivity index (χ1v) is 22.2. The van der Waals surface area contributed by atoms with Gasteiger partial charge in [0.2, 0.25) is 0 Å². The van der Waals surface area contributed by atoms with E-state index in [2.05, 4.69) is 60.9 Å². The van der Waals surface area contributed by atoms with Crippen LogP contribution in [0.5, 0.6) is 0 Å². The van der Waals surface area contributed by atoms with Crippen molar-refractivity contribution in [3.8, 4) is 0 Å². The fourth-order valence-electron chi connectivity index (χ4n) is 4.97. The molecule has 0 bridgehead atoms. The van der Waals surface area contributed by atoms with Crippen LogP contribution in [0, 0.1) is 0 Å². The average Bonchev–Trinajstić information content (AvgIpc) is 3.17. The molecular formula is C44H72NO10P. The van der Waals surface area contributed by atoms with Gasteiger partial charge in [-0.2, -0.15) is 0 Å². The Kier molecular flexibility index (Phi) is 36.2. The number of hydrogen-bond donors (Lipinski definition) is 3. The molecule has 318 valence electrons. The number of carboxylic acid groups (broad SMARTS) is 1. The highest BCUT2D eigenvalue weighted by Gasteiger charge is 2.28. The zero-order valence-electron chi connectivity index (χ0n) is 34.2. The van der Waals surface area contributed by atoms with Crippen molar-refractivity contribution in [2.24, 2.45) is 5.73 Å². The first kappa shape index (κ1) is 52.7. The fraction of sp³-hybridized carbons (Fsp3) is 0.614. The van der Waals surface area contributed by atoms with Crippen molar-refractivity contribution in [2.75, 3.05) is 19.8 Å². The predicted molar refractivity (Wildman–Crippen MR) is 226 cm³/mol. The van der Waals surface area contributed by atoms with E-state index in [9.17, 15) is 23.8 Å². The van der Waals surface area contributed by atoms with Crippen LogP contribution < -0.4 is 5.73 Å². The summed E-state index contributed by atoms with van der Waals surface area (Å²) in [4.78, 5) is 45.9. The third kappa shape index (κ3) is 37.6. The van der Waals surface area contributed by atoms with Gasteiger partial charge in [0.05, 0.1) is 13.2 Å². The van der Waals surface area contributed by atoms with Gasteiger partial charge in [0.25, 0.3) is 0 Å². The molecule has 56 heavy (non-hydrogen) atoms. The lowest BCUT2D eigenvalue weighted by Gasteiger charge is -2.20. The second-order valence-corrected chi connectivity index (χ2v) is 14.9. The third-order valence-corrected chi connectivity index (χ3v) is 9.17. The molecule has 11 nitrogen and oxygen atoms in total. The number of nitrogens with two attached hydrogens (primary N) is 1. The number of aliphatic carboxylic acids is 1. The molecule has 3 atom stereocenters. The summed E-state index contributed by atoms with van der Waals surface area (Å²) in [5.74, 6) is -2.49. The van der Waals surface area contributed by atoms with E-state index in [1.807, 2.05) is 42.5 Å². The Labute approximate surface area is 337 Å². The second kappa shape index (κ2) is 38.5. The minimum atomic E-state index is -4.74. The highest BCUT2D eigenvalue weighted by Crippen LogP contribution is 2.43. The molecule has 4 N–H and O–H groups in total. The molecule has 1 unspecified atom stereocenters. The van der Waals surface area contributed by atoms with Gasteiger partial charge in [0, 0.05) is 12.8 Å². The summed E-state index contributed by atoms with van der Waals surface area (Å²) in [6.07, 6.45) is 46.6. The molecule has 0 aromatic heterocycles.